The fourth-order valence-electron chi connectivity index (χ4n) is 2.65. The van der Waals surface area contributed by atoms with Gasteiger partial charge >= 0.3 is 11.7 Å². The monoisotopic (exact) mass is 373 g/mol. The van der Waals surface area contributed by atoms with Crippen LogP contribution in [0.25, 0.3) is 0 Å². The number of hydrogen-bond acceptors (Lipinski definition) is 9. The van der Waals surface area contributed by atoms with E-state index in [0.717, 1.165) is 4.57 Å². The Balaban J connectivity index is 2.36. The molecular weight excluding hydrogens is 349 g/mol. The molecule has 1 aliphatic rings. The van der Waals surface area contributed by atoms with Crippen LogP contribution in [0.3, 0.4) is 0 Å². The van der Waals surface area contributed by atoms with E-state index in [1.165, 1.54) is 12.3 Å². The molecule has 1 fully saturated rings. The summed E-state index contributed by atoms with van der Waals surface area (Å²) in [7, 11) is 0. The van der Waals surface area contributed by atoms with E-state index in [1.807, 2.05) is 0 Å². The van der Waals surface area contributed by atoms with Crippen LogP contribution in [0.4, 0.5) is 10.2 Å². The van der Waals surface area contributed by atoms with Crippen LogP contribution in [0.5, 0.6) is 0 Å². The van der Waals surface area contributed by atoms with Crippen LogP contribution in [-0.4, -0.2) is 57.7 Å². The van der Waals surface area contributed by atoms with Crippen molar-refractivity contribution in [2.75, 3.05) is 18.9 Å². The molecule has 0 radical (unpaired) electrons. The predicted molar refractivity (Wildman–Crippen MR) is 89.5 cm³/mol. The lowest BCUT2D eigenvalue weighted by Crippen LogP contribution is -2.54. The molecule has 26 heavy (non-hydrogen) atoms. The zero-order chi connectivity index (χ0) is 19.6. The van der Waals surface area contributed by atoms with Crippen molar-refractivity contribution in [2.45, 2.75) is 44.0 Å². The molecule has 5 atom stereocenters. The SMILES string of the molecule is CC(C)C(N)C(=O)O[C@H]1[C@@H](F)[C@H](n2ccc(N)nc2=O)O[C@]1(CN)CO. The van der Waals surface area contributed by atoms with Crippen molar-refractivity contribution in [1.29, 1.82) is 0 Å². The van der Waals surface area contributed by atoms with Gasteiger partial charge in [-0.05, 0) is 12.0 Å². The Kier molecular flexibility index (Phi) is 5.96. The minimum absolute atomic E-state index is 0.0437. The van der Waals surface area contributed by atoms with Crippen molar-refractivity contribution < 1.29 is 23.8 Å². The van der Waals surface area contributed by atoms with E-state index >= 15 is 4.39 Å². The smallest absolute Gasteiger partial charge is 0.351 e. The largest absolute Gasteiger partial charge is 0.455 e. The van der Waals surface area contributed by atoms with Gasteiger partial charge in [0, 0.05) is 12.7 Å². The van der Waals surface area contributed by atoms with Crippen molar-refractivity contribution in [1.82, 2.24) is 9.55 Å². The summed E-state index contributed by atoms with van der Waals surface area (Å²) < 4.78 is 26.7. The Morgan fingerprint density at radius 2 is 2.23 bits per heavy atom. The van der Waals surface area contributed by atoms with Crippen LogP contribution >= 0.6 is 0 Å². The quantitative estimate of drug-likeness (QED) is 0.424. The summed E-state index contributed by atoms with van der Waals surface area (Å²) in [4.78, 5) is 27.7. The van der Waals surface area contributed by atoms with Crippen LogP contribution in [0.15, 0.2) is 17.1 Å². The van der Waals surface area contributed by atoms with Gasteiger partial charge in [0.15, 0.2) is 18.5 Å². The van der Waals surface area contributed by atoms with E-state index in [4.69, 9.17) is 26.7 Å². The molecule has 10 nitrogen and oxygen atoms in total. The van der Waals surface area contributed by atoms with E-state index in [-0.39, 0.29) is 18.3 Å². The van der Waals surface area contributed by atoms with Gasteiger partial charge in [0.25, 0.3) is 0 Å². The first-order valence-electron chi connectivity index (χ1n) is 8.10. The van der Waals surface area contributed by atoms with Crippen molar-refractivity contribution in [3.63, 3.8) is 0 Å². The summed E-state index contributed by atoms with van der Waals surface area (Å²) in [6, 6.07) is 0.297. The average molecular weight is 373 g/mol. The molecule has 11 heteroatoms. The summed E-state index contributed by atoms with van der Waals surface area (Å²) in [5.41, 5.74) is 14.2. The predicted octanol–water partition coefficient (Wildman–Crippen LogP) is -1.72. The molecule has 0 aromatic carbocycles. The number of ether oxygens (including phenoxy) is 2. The molecule has 1 unspecified atom stereocenters. The molecule has 7 N–H and O–H groups in total. The number of aromatic nitrogens is 2. The standard InChI is InChI=1S/C15H24FN5O5/c1-7(2)10(19)13(23)25-11-9(16)12(26-15(11,5-17)6-22)21-4-3-8(18)20-14(21)24/h3-4,7,9-12,22H,5-6,17,19H2,1-2H3,(H2,18,20,24)/t9-,10?,11+,12-,15-/m1/s1. The van der Waals surface area contributed by atoms with E-state index in [0.29, 0.717) is 0 Å². The lowest BCUT2D eigenvalue weighted by molar-refractivity contribution is -0.169. The maximum atomic E-state index is 15.1. The Morgan fingerprint density at radius 3 is 2.73 bits per heavy atom. The number of alkyl halides is 1. The Hall–Kier alpha value is -2.08. The van der Waals surface area contributed by atoms with Crippen LogP contribution in [0.1, 0.15) is 20.1 Å². The molecule has 1 aromatic heterocycles. The molecule has 146 valence electrons. The first kappa shape index (κ1) is 20.2. The number of rotatable bonds is 6. The number of halogens is 1. The summed E-state index contributed by atoms with van der Waals surface area (Å²) >= 11 is 0. The zero-order valence-electron chi connectivity index (χ0n) is 14.5. The lowest BCUT2D eigenvalue weighted by atomic mass is 9.96. The van der Waals surface area contributed by atoms with Crippen molar-refractivity contribution in [3.05, 3.63) is 22.7 Å². The Bertz CT molecular complexity index is 708. The maximum absolute atomic E-state index is 15.1. The molecule has 0 spiro atoms. The third kappa shape index (κ3) is 3.56. The van der Waals surface area contributed by atoms with Crippen LogP contribution in [0.2, 0.25) is 0 Å². The topological polar surface area (TPSA) is 169 Å². The summed E-state index contributed by atoms with van der Waals surface area (Å²) in [6.45, 7) is 2.32. The van der Waals surface area contributed by atoms with Crippen molar-refractivity contribution in [3.8, 4) is 0 Å². The number of nitrogen functional groups attached to an aromatic ring is 1. The van der Waals surface area contributed by atoms with Crippen LogP contribution in [-0.2, 0) is 14.3 Å². The number of anilines is 1. The lowest BCUT2D eigenvalue weighted by Gasteiger charge is -2.31. The van der Waals surface area contributed by atoms with Crippen LogP contribution in [0, 0.1) is 5.92 Å². The van der Waals surface area contributed by atoms with E-state index < -0.39 is 48.4 Å². The van der Waals surface area contributed by atoms with Gasteiger partial charge in [0.2, 0.25) is 0 Å². The second kappa shape index (κ2) is 7.66. The van der Waals surface area contributed by atoms with Gasteiger partial charge in [-0.3, -0.25) is 9.36 Å². The van der Waals surface area contributed by atoms with Crippen LogP contribution < -0.4 is 22.9 Å². The molecular formula is C15H24FN5O5. The number of nitrogens with two attached hydrogens (primary N) is 3. The normalized spacial score (nSPS) is 29.7. The van der Waals surface area contributed by atoms with Crippen molar-refractivity contribution >= 4 is 11.8 Å². The summed E-state index contributed by atoms with van der Waals surface area (Å²) in [5.74, 6) is -1.15. The number of carbonyl (C=O) groups excluding carboxylic acids is 1. The molecule has 1 aromatic rings. The van der Waals surface area contributed by atoms with Crippen molar-refractivity contribution in [2.24, 2.45) is 17.4 Å². The maximum Gasteiger partial charge on any atom is 0.351 e. The van der Waals surface area contributed by atoms with Gasteiger partial charge in [0.1, 0.15) is 17.5 Å². The minimum Gasteiger partial charge on any atom is -0.455 e. The molecule has 0 saturated carbocycles. The van der Waals surface area contributed by atoms with Gasteiger partial charge in [-0.25, -0.2) is 9.18 Å². The number of esters is 1. The van der Waals surface area contributed by atoms with Gasteiger partial charge in [-0.15, -0.1) is 0 Å². The molecule has 1 saturated heterocycles. The Morgan fingerprint density at radius 1 is 1.58 bits per heavy atom. The highest BCUT2D eigenvalue weighted by atomic mass is 19.1. The fraction of sp³-hybridized carbons (Fsp3) is 0.667. The molecule has 0 bridgehead atoms. The number of aliphatic hydroxyl groups excluding tert-OH is 1. The number of aliphatic hydroxyl groups is 1. The number of nitrogens with zero attached hydrogens (tertiary/aromatic N) is 2. The molecule has 0 aliphatic carbocycles. The minimum atomic E-state index is -1.99. The van der Waals surface area contributed by atoms with E-state index in [1.54, 1.807) is 13.8 Å². The first-order chi connectivity index (χ1) is 12.2. The van der Waals surface area contributed by atoms with Gasteiger partial charge < -0.3 is 31.8 Å². The summed E-state index contributed by atoms with van der Waals surface area (Å²) in [5, 5.41) is 9.73. The molecule has 1 aliphatic heterocycles. The zero-order valence-corrected chi connectivity index (χ0v) is 14.5. The Labute approximate surface area is 149 Å². The first-order valence-corrected chi connectivity index (χ1v) is 8.10. The highest BCUT2D eigenvalue weighted by Gasteiger charge is 2.58. The van der Waals surface area contributed by atoms with Gasteiger partial charge in [-0.2, -0.15) is 4.98 Å². The number of hydrogen-bond donors (Lipinski definition) is 4. The second-order valence-corrected chi connectivity index (χ2v) is 6.55. The fourth-order valence-corrected chi connectivity index (χ4v) is 2.65. The van der Waals surface area contributed by atoms with Gasteiger partial charge in [-0.1, -0.05) is 13.8 Å². The average Bonchev–Trinajstić information content (AvgIpc) is 2.87. The van der Waals surface area contributed by atoms with E-state index in [2.05, 4.69) is 4.98 Å². The molecule has 0 amide bonds. The third-order valence-electron chi connectivity index (χ3n) is 4.41. The van der Waals surface area contributed by atoms with E-state index in [9.17, 15) is 14.7 Å². The highest BCUT2D eigenvalue weighted by Crippen LogP contribution is 2.40. The van der Waals surface area contributed by atoms with Gasteiger partial charge in [0.05, 0.1) is 6.61 Å². The third-order valence-corrected chi connectivity index (χ3v) is 4.41. The molecule has 2 rings (SSSR count). The number of carbonyl (C=O) groups is 1. The second-order valence-electron chi connectivity index (χ2n) is 6.55. The highest BCUT2D eigenvalue weighted by molar-refractivity contribution is 5.76. The molecule has 2 heterocycles. The summed E-state index contributed by atoms with van der Waals surface area (Å²) in [6.07, 6.45) is -3.84.